The van der Waals surface area contributed by atoms with Gasteiger partial charge in [-0.1, -0.05) is 55.1 Å². The molecule has 3 heteroatoms. The van der Waals surface area contributed by atoms with Gasteiger partial charge < -0.3 is 4.74 Å². The SMILES string of the molecule is C=C(C)[C@@]1(C)C[C@@H](c2ccccc2)c2cnn(-c3ccccc3)c2O1. The minimum atomic E-state index is -0.417. The van der Waals surface area contributed by atoms with Gasteiger partial charge in [0.15, 0.2) is 0 Å². The number of benzene rings is 2. The number of hydrogen-bond acceptors (Lipinski definition) is 2. The largest absolute Gasteiger partial charge is 0.466 e. The van der Waals surface area contributed by atoms with E-state index in [0.29, 0.717) is 0 Å². The standard InChI is InChI=1S/C22H22N2O/c1-16(2)22(3)14-19(17-10-6-4-7-11-17)20-15-23-24(21(20)25-22)18-12-8-5-9-13-18/h4-13,15,19H,1,14H2,2-3H3/t19-,22+/m0/s1. The third-order valence-corrected chi connectivity index (χ3v) is 5.15. The first-order chi connectivity index (χ1) is 12.1. The summed E-state index contributed by atoms with van der Waals surface area (Å²) in [6.07, 6.45) is 2.80. The zero-order valence-corrected chi connectivity index (χ0v) is 14.6. The highest BCUT2D eigenvalue weighted by atomic mass is 16.5. The number of nitrogens with zero attached hydrogens (tertiary/aromatic N) is 2. The van der Waals surface area contributed by atoms with Gasteiger partial charge in [0.25, 0.3) is 0 Å². The lowest BCUT2D eigenvalue weighted by Gasteiger charge is -2.39. The van der Waals surface area contributed by atoms with Crippen molar-refractivity contribution < 1.29 is 4.74 Å². The lowest BCUT2D eigenvalue weighted by Crippen LogP contribution is -2.39. The molecule has 25 heavy (non-hydrogen) atoms. The molecule has 1 aliphatic rings. The average molecular weight is 330 g/mol. The molecule has 2 heterocycles. The molecule has 0 fully saturated rings. The Morgan fingerprint density at radius 2 is 1.76 bits per heavy atom. The van der Waals surface area contributed by atoms with Crippen molar-refractivity contribution in [1.29, 1.82) is 0 Å². The average Bonchev–Trinajstić information content (AvgIpc) is 3.06. The quantitative estimate of drug-likeness (QED) is 0.623. The fourth-order valence-electron chi connectivity index (χ4n) is 3.44. The smallest absolute Gasteiger partial charge is 0.221 e. The molecule has 3 aromatic rings. The molecule has 0 unspecified atom stereocenters. The molecule has 2 atom stereocenters. The molecular weight excluding hydrogens is 308 g/mol. The van der Waals surface area contributed by atoms with Crippen LogP contribution in [0.4, 0.5) is 0 Å². The van der Waals surface area contributed by atoms with E-state index >= 15 is 0 Å². The minimum Gasteiger partial charge on any atom is -0.466 e. The Balaban J connectivity index is 1.88. The zero-order valence-electron chi connectivity index (χ0n) is 14.6. The van der Waals surface area contributed by atoms with Crippen molar-refractivity contribution in [3.63, 3.8) is 0 Å². The van der Waals surface area contributed by atoms with Gasteiger partial charge in [-0.05, 0) is 37.1 Å². The molecule has 1 aromatic heterocycles. The summed E-state index contributed by atoms with van der Waals surface area (Å²) < 4.78 is 8.35. The molecule has 3 nitrogen and oxygen atoms in total. The van der Waals surface area contributed by atoms with E-state index in [-0.39, 0.29) is 5.92 Å². The van der Waals surface area contributed by atoms with Crippen LogP contribution in [0.5, 0.6) is 5.88 Å². The highest BCUT2D eigenvalue weighted by Crippen LogP contribution is 2.46. The number of ether oxygens (including phenoxy) is 1. The van der Waals surface area contributed by atoms with E-state index in [0.717, 1.165) is 29.1 Å². The summed E-state index contributed by atoms with van der Waals surface area (Å²) in [5.41, 5.74) is 4.03. The molecule has 1 aliphatic heterocycles. The number of para-hydroxylation sites is 1. The van der Waals surface area contributed by atoms with Gasteiger partial charge in [-0.2, -0.15) is 5.10 Å². The predicted octanol–water partition coefficient (Wildman–Crippen LogP) is 5.12. The molecule has 0 amide bonds. The zero-order chi connectivity index (χ0) is 17.4. The summed E-state index contributed by atoms with van der Waals surface area (Å²) in [7, 11) is 0. The lowest BCUT2D eigenvalue weighted by atomic mass is 9.78. The van der Waals surface area contributed by atoms with Crippen molar-refractivity contribution in [1.82, 2.24) is 9.78 Å². The van der Waals surface area contributed by atoms with E-state index in [1.54, 1.807) is 0 Å². The first-order valence-corrected chi connectivity index (χ1v) is 8.62. The van der Waals surface area contributed by atoms with Gasteiger partial charge in [0.2, 0.25) is 5.88 Å². The maximum atomic E-state index is 6.46. The van der Waals surface area contributed by atoms with Crippen molar-refractivity contribution in [2.75, 3.05) is 0 Å². The van der Waals surface area contributed by atoms with Crippen LogP contribution in [-0.4, -0.2) is 15.4 Å². The Morgan fingerprint density at radius 3 is 2.40 bits per heavy atom. The van der Waals surface area contributed by atoms with Crippen molar-refractivity contribution in [2.45, 2.75) is 31.8 Å². The maximum Gasteiger partial charge on any atom is 0.221 e. The molecule has 0 aliphatic carbocycles. The summed E-state index contributed by atoms with van der Waals surface area (Å²) >= 11 is 0. The van der Waals surface area contributed by atoms with Gasteiger partial charge in [-0.25, -0.2) is 4.68 Å². The molecule has 0 saturated heterocycles. The number of fused-ring (bicyclic) bond motifs is 1. The molecule has 4 rings (SSSR count). The van der Waals surface area contributed by atoms with Crippen molar-refractivity contribution in [3.05, 3.63) is 90.1 Å². The highest BCUT2D eigenvalue weighted by molar-refractivity contribution is 5.46. The molecule has 0 saturated carbocycles. The van der Waals surface area contributed by atoms with Crippen LogP contribution in [-0.2, 0) is 0 Å². The van der Waals surface area contributed by atoms with Crippen LogP contribution in [0.15, 0.2) is 79.0 Å². The monoisotopic (exact) mass is 330 g/mol. The number of hydrogen-bond donors (Lipinski definition) is 0. The van der Waals surface area contributed by atoms with Crippen LogP contribution in [0.1, 0.15) is 37.3 Å². The second kappa shape index (κ2) is 5.92. The van der Waals surface area contributed by atoms with E-state index in [1.165, 1.54) is 5.56 Å². The third kappa shape index (κ3) is 2.66. The van der Waals surface area contributed by atoms with Crippen LogP contribution < -0.4 is 4.74 Å². The summed E-state index contributed by atoms with van der Waals surface area (Å²) in [4.78, 5) is 0. The first kappa shape index (κ1) is 15.7. The van der Waals surface area contributed by atoms with Gasteiger partial charge in [-0.3, -0.25) is 0 Å². The second-order valence-electron chi connectivity index (χ2n) is 6.93. The predicted molar refractivity (Wildman–Crippen MR) is 100 cm³/mol. The van der Waals surface area contributed by atoms with Gasteiger partial charge >= 0.3 is 0 Å². The van der Waals surface area contributed by atoms with Crippen molar-refractivity contribution in [3.8, 4) is 11.6 Å². The molecular formula is C22H22N2O. The normalized spacial score (nSPS) is 22.1. The van der Waals surface area contributed by atoms with E-state index in [9.17, 15) is 0 Å². The van der Waals surface area contributed by atoms with Crippen LogP contribution in [0.2, 0.25) is 0 Å². The summed E-state index contributed by atoms with van der Waals surface area (Å²) in [6.45, 7) is 8.34. The summed E-state index contributed by atoms with van der Waals surface area (Å²) in [5, 5.41) is 4.63. The Kier molecular flexibility index (Phi) is 3.72. The van der Waals surface area contributed by atoms with Gasteiger partial charge in [0.05, 0.1) is 11.9 Å². The first-order valence-electron chi connectivity index (χ1n) is 8.62. The van der Waals surface area contributed by atoms with Gasteiger partial charge in [0.1, 0.15) is 5.60 Å². The van der Waals surface area contributed by atoms with Crippen LogP contribution in [0.25, 0.3) is 5.69 Å². The number of aromatic nitrogens is 2. The van der Waals surface area contributed by atoms with Crippen molar-refractivity contribution >= 4 is 0 Å². The van der Waals surface area contributed by atoms with Crippen LogP contribution >= 0.6 is 0 Å². The Hall–Kier alpha value is -2.81. The van der Waals surface area contributed by atoms with E-state index < -0.39 is 5.60 Å². The Bertz CT molecular complexity index is 898. The molecule has 0 radical (unpaired) electrons. The summed E-state index contributed by atoms with van der Waals surface area (Å²) in [6, 6.07) is 20.7. The van der Waals surface area contributed by atoms with E-state index in [1.807, 2.05) is 48.1 Å². The van der Waals surface area contributed by atoms with E-state index in [2.05, 4.69) is 48.9 Å². The molecule has 126 valence electrons. The Labute approximate surface area is 148 Å². The fraction of sp³-hybridized carbons (Fsp3) is 0.227. The number of rotatable bonds is 3. The van der Waals surface area contributed by atoms with Gasteiger partial charge in [0, 0.05) is 17.9 Å². The van der Waals surface area contributed by atoms with E-state index in [4.69, 9.17) is 4.74 Å². The molecule has 0 bridgehead atoms. The van der Waals surface area contributed by atoms with Crippen molar-refractivity contribution in [2.24, 2.45) is 0 Å². The second-order valence-corrected chi connectivity index (χ2v) is 6.93. The molecule has 0 N–H and O–H groups in total. The highest BCUT2D eigenvalue weighted by Gasteiger charge is 2.41. The molecule has 0 spiro atoms. The molecule has 2 aromatic carbocycles. The third-order valence-electron chi connectivity index (χ3n) is 5.15. The topological polar surface area (TPSA) is 27.1 Å². The van der Waals surface area contributed by atoms with Crippen LogP contribution in [0, 0.1) is 0 Å². The lowest BCUT2D eigenvalue weighted by molar-refractivity contribution is 0.0857. The summed E-state index contributed by atoms with van der Waals surface area (Å²) in [5.74, 6) is 1.06. The maximum absolute atomic E-state index is 6.46. The minimum absolute atomic E-state index is 0.240. The van der Waals surface area contributed by atoms with Crippen LogP contribution in [0.3, 0.4) is 0 Å². The fourth-order valence-corrected chi connectivity index (χ4v) is 3.44. The Morgan fingerprint density at radius 1 is 1.12 bits per heavy atom. The van der Waals surface area contributed by atoms with Gasteiger partial charge in [-0.15, -0.1) is 0 Å².